The first-order valence-corrected chi connectivity index (χ1v) is 14.1. The lowest BCUT2D eigenvalue weighted by Gasteiger charge is -2.32. The van der Waals surface area contributed by atoms with E-state index in [9.17, 15) is 17.6 Å². The summed E-state index contributed by atoms with van der Waals surface area (Å²) in [6.07, 6.45) is 4.64. The van der Waals surface area contributed by atoms with E-state index in [0.29, 0.717) is 74.5 Å². The minimum Gasteiger partial charge on any atom is -0.207 e. The molecule has 0 radical (unpaired) electrons. The van der Waals surface area contributed by atoms with E-state index < -0.39 is 34.9 Å². The van der Waals surface area contributed by atoms with Crippen molar-refractivity contribution in [3.63, 3.8) is 0 Å². The van der Waals surface area contributed by atoms with E-state index in [0.717, 1.165) is 0 Å². The van der Waals surface area contributed by atoms with Crippen molar-refractivity contribution in [3.8, 4) is 6.07 Å². The molecule has 0 aliphatic heterocycles. The molecule has 1 atom stereocenters. The van der Waals surface area contributed by atoms with Gasteiger partial charge in [0.15, 0.2) is 11.6 Å². The maximum atomic E-state index is 15.7. The summed E-state index contributed by atoms with van der Waals surface area (Å²) in [5.74, 6) is -4.95. The van der Waals surface area contributed by atoms with Gasteiger partial charge in [-0.15, -0.1) is 0 Å². The summed E-state index contributed by atoms with van der Waals surface area (Å²) in [4.78, 5) is 0. The van der Waals surface area contributed by atoms with E-state index in [-0.39, 0.29) is 46.4 Å². The topological polar surface area (TPSA) is 23.8 Å². The maximum absolute atomic E-state index is 15.7. The molecule has 7 heteroatoms. The second kappa shape index (κ2) is 11.7. The molecule has 1 nitrogen and oxygen atoms in total. The van der Waals surface area contributed by atoms with Gasteiger partial charge in [-0.05, 0) is 128 Å². The minimum absolute atomic E-state index is 0.0648. The summed E-state index contributed by atoms with van der Waals surface area (Å²) in [5.41, 5.74) is 1.72. The number of halogens is 6. The molecule has 0 bridgehead atoms. The molecule has 0 amide bonds. The summed E-state index contributed by atoms with van der Waals surface area (Å²) >= 11 is 0. The molecular weight excluding hydrogens is 524 g/mol. The monoisotopic (exact) mass is 555 g/mol. The van der Waals surface area contributed by atoms with Crippen molar-refractivity contribution in [2.45, 2.75) is 83.0 Å². The number of benzene rings is 3. The van der Waals surface area contributed by atoms with Crippen LogP contribution in [-0.4, -0.2) is 0 Å². The van der Waals surface area contributed by atoms with Crippen LogP contribution in [0.5, 0.6) is 0 Å². The highest BCUT2D eigenvalue weighted by Crippen LogP contribution is 2.44. The van der Waals surface area contributed by atoms with Crippen LogP contribution in [0.2, 0.25) is 0 Å². The number of hydrogen-bond acceptors (Lipinski definition) is 1. The van der Waals surface area contributed by atoms with Crippen molar-refractivity contribution in [2.24, 2.45) is 5.92 Å². The second-order valence-electron chi connectivity index (χ2n) is 11.3. The Labute approximate surface area is 230 Å². The second-order valence-corrected chi connectivity index (χ2v) is 11.3. The van der Waals surface area contributed by atoms with Gasteiger partial charge in [0.05, 0.1) is 5.56 Å². The van der Waals surface area contributed by atoms with Crippen LogP contribution < -0.4 is 0 Å². The number of nitriles is 1. The molecule has 3 aromatic rings. The molecule has 1 fully saturated rings. The molecule has 40 heavy (non-hydrogen) atoms. The molecule has 3 aromatic carbocycles. The Morgan fingerprint density at radius 1 is 0.800 bits per heavy atom. The molecule has 2 aliphatic rings. The molecule has 2 aliphatic carbocycles. The molecule has 0 heterocycles. The molecule has 210 valence electrons. The average Bonchev–Trinajstić information content (AvgIpc) is 2.94. The maximum Gasteiger partial charge on any atom is 0.176 e. The van der Waals surface area contributed by atoms with E-state index in [1.807, 2.05) is 6.92 Å². The van der Waals surface area contributed by atoms with Crippen molar-refractivity contribution >= 4 is 0 Å². The molecule has 1 saturated carbocycles. The van der Waals surface area contributed by atoms with Gasteiger partial charge in [-0.25, -0.2) is 26.3 Å². The quantitative estimate of drug-likeness (QED) is 0.278. The van der Waals surface area contributed by atoms with Gasteiger partial charge in [0, 0.05) is 11.1 Å². The van der Waals surface area contributed by atoms with Crippen molar-refractivity contribution in [1.29, 1.82) is 5.26 Å². The van der Waals surface area contributed by atoms with Crippen LogP contribution in [-0.2, 0) is 25.7 Å². The molecule has 0 aromatic heterocycles. The van der Waals surface area contributed by atoms with Crippen molar-refractivity contribution in [3.05, 3.63) is 104 Å². The van der Waals surface area contributed by atoms with Crippen LogP contribution in [0.1, 0.15) is 96.2 Å². The highest BCUT2D eigenvalue weighted by molar-refractivity contribution is 5.40. The van der Waals surface area contributed by atoms with Gasteiger partial charge in [-0.3, -0.25) is 0 Å². The third-order valence-corrected chi connectivity index (χ3v) is 8.98. The minimum atomic E-state index is -1.16. The zero-order chi connectivity index (χ0) is 28.6. The van der Waals surface area contributed by atoms with Crippen LogP contribution >= 0.6 is 0 Å². The lowest BCUT2D eigenvalue weighted by atomic mass is 9.73. The van der Waals surface area contributed by atoms with Crippen LogP contribution in [0.3, 0.4) is 0 Å². The third-order valence-electron chi connectivity index (χ3n) is 8.98. The van der Waals surface area contributed by atoms with Crippen molar-refractivity contribution in [1.82, 2.24) is 0 Å². The van der Waals surface area contributed by atoms with Crippen molar-refractivity contribution in [2.75, 3.05) is 0 Å². The first kappa shape index (κ1) is 28.3. The Balaban J connectivity index is 1.26. The summed E-state index contributed by atoms with van der Waals surface area (Å²) in [6, 6.07) is 8.48. The zero-order valence-electron chi connectivity index (χ0n) is 22.4. The van der Waals surface area contributed by atoms with Gasteiger partial charge in [0.25, 0.3) is 0 Å². The largest absolute Gasteiger partial charge is 0.207 e. The summed E-state index contributed by atoms with van der Waals surface area (Å²) in [5, 5.41) is 8.91. The van der Waals surface area contributed by atoms with Crippen LogP contribution in [0.4, 0.5) is 26.3 Å². The SMILES string of the molecule is CCc1cc(F)c(CCC2CCc3c(cc(F)c(C4CCC(c5ccc(C#N)c(F)c5F)CC4)c3F)C2)c(F)c1. The van der Waals surface area contributed by atoms with E-state index in [4.69, 9.17) is 5.26 Å². The first-order chi connectivity index (χ1) is 19.2. The smallest absolute Gasteiger partial charge is 0.176 e. The van der Waals surface area contributed by atoms with Crippen LogP contribution in [0.25, 0.3) is 0 Å². The summed E-state index contributed by atoms with van der Waals surface area (Å²) < 4.78 is 88.5. The lowest BCUT2D eigenvalue weighted by Crippen LogP contribution is -2.21. The molecular formula is C33H31F6N. The Hall–Kier alpha value is -3.27. The van der Waals surface area contributed by atoms with E-state index in [2.05, 4.69) is 0 Å². The van der Waals surface area contributed by atoms with E-state index in [1.54, 1.807) is 6.07 Å². The number of nitrogens with zero attached hydrogens (tertiary/aromatic N) is 1. The summed E-state index contributed by atoms with van der Waals surface area (Å²) in [7, 11) is 0. The third kappa shape index (κ3) is 5.38. The Kier molecular flexibility index (Phi) is 8.26. The fourth-order valence-corrected chi connectivity index (χ4v) is 6.67. The zero-order valence-corrected chi connectivity index (χ0v) is 22.4. The highest BCUT2D eigenvalue weighted by atomic mass is 19.2. The van der Waals surface area contributed by atoms with Gasteiger partial charge >= 0.3 is 0 Å². The predicted octanol–water partition coefficient (Wildman–Crippen LogP) is 9.13. The Bertz CT molecular complexity index is 1440. The molecule has 0 N–H and O–H groups in total. The standard InChI is InChI=1S/C33H31F6N/c1-2-18-14-27(34)26(28(35)15-18)11-4-19-3-10-25-23(13-19)16-29(36)30(32(25)38)21-7-5-20(6-8-21)24-12-9-22(17-40)31(37)33(24)39/h9,12,14-16,19-21H,2-8,10-11,13H2,1H3. The number of rotatable bonds is 6. The number of hydrogen-bond donors (Lipinski definition) is 0. The van der Waals surface area contributed by atoms with Gasteiger partial charge in [0.2, 0.25) is 0 Å². The van der Waals surface area contributed by atoms with Crippen molar-refractivity contribution < 1.29 is 26.3 Å². The predicted molar refractivity (Wildman–Crippen MR) is 141 cm³/mol. The molecule has 1 unspecified atom stereocenters. The van der Waals surface area contributed by atoms with E-state index >= 15 is 8.78 Å². The van der Waals surface area contributed by atoms with E-state index in [1.165, 1.54) is 30.3 Å². The lowest BCUT2D eigenvalue weighted by molar-refractivity contribution is 0.360. The van der Waals surface area contributed by atoms with Crippen LogP contribution in [0, 0.1) is 52.2 Å². The van der Waals surface area contributed by atoms with Gasteiger partial charge in [-0.1, -0.05) is 13.0 Å². The molecule has 5 rings (SSSR count). The Morgan fingerprint density at radius 3 is 2.12 bits per heavy atom. The fourth-order valence-electron chi connectivity index (χ4n) is 6.67. The van der Waals surface area contributed by atoms with Crippen LogP contribution in [0.15, 0.2) is 30.3 Å². The molecule has 0 spiro atoms. The number of aryl methyl sites for hydroxylation is 1. The Morgan fingerprint density at radius 2 is 1.48 bits per heavy atom. The van der Waals surface area contributed by atoms with Gasteiger partial charge < -0.3 is 0 Å². The average molecular weight is 556 g/mol. The fraction of sp³-hybridized carbons (Fsp3) is 0.424. The van der Waals surface area contributed by atoms with Gasteiger partial charge in [0.1, 0.15) is 29.3 Å². The summed E-state index contributed by atoms with van der Waals surface area (Å²) in [6.45, 7) is 1.84. The van der Waals surface area contributed by atoms with Gasteiger partial charge in [-0.2, -0.15) is 5.26 Å². The number of fused-ring (bicyclic) bond motifs is 1. The molecule has 0 saturated heterocycles. The normalized spacial score (nSPS) is 20.7. The highest BCUT2D eigenvalue weighted by Gasteiger charge is 2.33. The first-order valence-electron chi connectivity index (χ1n) is 14.1.